The minimum absolute atomic E-state index is 0.0897. The van der Waals surface area contributed by atoms with E-state index in [-0.39, 0.29) is 22.2 Å². The first-order chi connectivity index (χ1) is 13.9. The molecule has 0 saturated heterocycles. The van der Waals surface area contributed by atoms with Crippen molar-refractivity contribution in [3.05, 3.63) is 74.1 Å². The van der Waals surface area contributed by atoms with Crippen LogP contribution >= 0.6 is 23.2 Å². The number of hydrogen-bond donors (Lipinski definition) is 3. The van der Waals surface area contributed by atoms with Gasteiger partial charge in [-0.1, -0.05) is 29.3 Å². The zero-order valence-corrected chi connectivity index (χ0v) is 16.3. The smallest absolute Gasteiger partial charge is 0.319 e. The van der Waals surface area contributed by atoms with E-state index in [9.17, 15) is 14.9 Å². The van der Waals surface area contributed by atoms with Gasteiger partial charge < -0.3 is 5.32 Å². The molecule has 0 aliphatic heterocycles. The third-order valence-electron chi connectivity index (χ3n) is 3.72. The lowest BCUT2D eigenvalue weighted by Crippen LogP contribution is -2.30. The fourth-order valence-electron chi connectivity index (χ4n) is 2.32. The summed E-state index contributed by atoms with van der Waals surface area (Å²) in [6.07, 6.45) is 2.65. The predicted molar refractivity (Wildman–Crippen MR) is 108 cm³/mol. The molecule has 0 spiro atoms. The average Bonchev–Trinajstić information content (AvgIpc) is 2.67. The number of amides is 1. The van der Waals surface area contributed by atoms with Crippen LogP contribution in [0.15, 0.2) is 42.9 Å². The fourth-order valence-corrected chi connectivity index (χ4v) is 2.81. The van der Waals surface area contributed by atoms with Crippen LogP contribution in [0.3, 0.4) is 0 Å². The molecule has 2 aromatic heterocycles. The molecule has 0 saturated carbocycles. The summed E-state index contributed by atoms with van der Waals surface area (Å²) in [5.74, 6) is -0.542. The van der Waals surface area contributed by atoms with Crippen molar-refractivity contribution >= 4 is 52.3 Å². The van der Waals surface area contributed by atoms with Crippen LogP contribution in [0.25, 0.3) is 0 Å². The number of aromatic nitrogens is 3. The second-order valence-electron chi connectivity index (χ2n) is 5.67. The minimum atomic E-state index is -0.676. The molecule has 3 aromatic rings. The van der Waals surface area contributed by atoms with Crippen molar-refractivity contribution < 1.29 is 9.72 Å². The number of nitro groups is 1. The van der Waals surface area contributed by atoms with Crippen LogP contribution in [-0.4, -0.2) is 25.8 Å². The largest absolute Gasteiger partial charge is 0.355 e. The highest BCUT2D eigenvalue weighted by Crippen LogP contribution is 2.31. The van der Waals surface area contributed by atoms with Crippen molar-refractivity contribution in [2.24, 2.45) is 0 Å². The molecule has 1 amide bonds. The maximum absolute atomic E-state index is 12.3. The van der Waals surface area contributed by atoms with Crippen LogP contribution in [0, 0.1) is 17.0 Å². The van der Waals surface area contributed by atoms with Gasteiger partial charge in [0.2, 0.25) is 11.6 Å². The summed E-state index contributed by atoms with van der Waals surface area (Å²) in [5, 5.41) is 14.9. The summed E-state index contributed by atoms with van der Waals surface area (Å²) in [5.41, 5.74) is 5.17. The molecule has 1 aromatic carbocycles. The number of hydrogen-bond acceptors (Lipinski definition) is 8. The van der Waals surface area contributed by atoms with E-state index in [0.29, 0.717) is 10.8 Å². The van der Waals surface area contributed by atoms with E-state index in [2.05, 4.69) is 31.1 Å². The molecule has 3 rings (SSSR count). The Kier molecular flexibility index (Phi) is 6.05. The van der Waals surface area contributed by atoms with E-state index in [4.69, 9.17) is 23.2 Å². The molecule has 0 atom stereocenters. The molecule has 0 radical (unpaired) electrons. The lowest BCUT2D eigenvalue weighted by Gasteiger charge is -2.12. The molecule has 0 fully saturated rings. The Morgan fingerprint density at radius 2 is 1.86 bits per heavy atom. The van der Waals surface area contributed by atoms with Crippen molar-refractivity contribution in [2.75, 3.05) is 10.7 Å². The van der Waals surface area contributed by atoms with E-state index >= 15 is 0 Å². The lowest BCUT2D eigenvalue weighted by molar-refractivity contribution is -0.383. The number of rotatable bonds is 6. The monoisotopic (exact) mass is 433 g/mol. The van der Waals surface area contributed by atoms with Crippen LogP contribution in [0.1, 0.15) is 15.9 Å². The number of carbonyl (C=O) groups is 1. The van der Waals surface area contributed by atoms with Crippen molar-refractivity contribution in [3.63, 3.8) is 0 Å². The molecular formula is C17H13Cl2N7O3. The number of halogens is 2. The second kappa shape index (κ2) is 8.67. The Labute approximate surface area is 174 Å². The molecule has 0 aliphatic rings. The van der Waals surface area contributed by atoms with Crippen LogP contribution in [0.2, 0.25) is 10.0 Å². The van der Waals surface area contributed by atoms with Crippen LogP contribution < -0.4 is 16.2 Å². The number of carbonyl (C=O) groups excluding carboxylic acids is 1. The standard InChI is InChI=1S/C17H13Cl2N7O3/c1-9-3-2-6-20-14(9)23-15-13(26(28)29)16(22-8-21-15)24-25-17(27)11-5-4-10(18)7-12(11)19/h2-8H,1H3,(H,25,27)(H2,20,21,22,23,24). The highest BCUT2D eigenvalue weighted by molar-refractivity contribution is 6.36. The number of hydrazine groups is 1. The van der Waals surface area contributed by atoms with Gasteiger partial charge in [0.15, 0.2) is 0 Å². The van der Waals surface area contributed by atoms with Gasteiger partial charge in [0.25, 0.3) is 5.91 Å². The fraction of sp³-hybridized carbons (Fsp3) is 0.0588. The third-order valence-corrected chi connectivity index (χ3v) is 4.27. The minimum Gasteiger partial charge on any atom is -0.319 e. The van der Waals surface area contributed by atoms with Gasteiger partial charge in [-0.2, -0.15) is 0 Å². The molecule has 10 nitrogen and oxygen atoms in total. The van der Waals surface area contributed by atoms with Crippen molar-refractivity contribution in [3.8, 4) is 0 Å². The molecule has 12 heteroatoms. The van der Waals surface area contributed by atoms with Crippen molar-refractivity contribution in [1.82, 2.24) is 20.4 Å². The summed E-state index contributed by atoms with van der Waals surface area (Å²) >= 11 is 11.8. The topological polar surface area (TPSA) is 135 Å². The number of aryl methyl sites for hydroxylation is 1. The van der Waals surface area contributed by atoms with Gasteiger partial charge in [-0.15, -0.1) is 0 Å². The van der Waals surface area contributed by atoms with E-state index in [0.717, 1.165) is 11.9 Å². The maximum Gasteiger partial charge on any atom is 0.355 e. The summed E-state index contributed by atoms with van der Waals surface area (Å²) in [4.78, 5) is 35.1. The molecule has 2 heterocycles. The highest BCUT2D eigenvalue weighted by atomic mass is 35.5. The number of benzene rings is 1. The predicted octanol–water partition coefficient (Wildman–Crippen LogP) is 3.90. The second-order valence-corrected chi connectivity index (χ2v) is 6.52. The third kappa shape index (κ3) is 4.68. The summed E-state index contributed by atoms with van der Waals surface area (Å²) in [7, 11) is 0. The van der Waals surface area contributed by atoms with E-state index in [1.54, 1.807) is 19.1 Å². The highest BCUT2D eigenvalue weighted by Gasteiger charge is 2.24. The van der Waals surface area contributed by atoms with Crippen molar-refractivity contribution in [2.45, 2.75) is 6.92 Å². The Balaban J connectivity index is 1.85. The Hall–Kier alpha value is -3.50. The number of nitrogens with zero attached hydrogens (tertiary/aromatic N) is 4. The zero-order valence-electron chi connectivity index (χ0n) is 14.8. The SMILES string of the molecule is Cc1cccnc1Nc1ncnc(NNC(=O)c2ccc(Cl)cc2Cl)c1[N+](=O)[O-]. The van der Waals surface area contributed by atoms with Crippen molar-refractivity contribution in [1.29, 1.82) is 0 Å². The van der Waals surface area contributed by atoms with Crippen LogP contribution in [0.4, 0.5) is 23.1 Å². The van der Waals surface area contributed by atoms with Crippen LogP contribution in [0.5, 0.6) is 0 Å². The van der Waals surface area contributed by atoms with Crippen LogP contribution in [-0.2, 0) is 0 Å². The Morgan fingerprint density at radius 3 is 2.55 bits per heavy atom. The normalized spacial score (nSPS) is 10.3. The molecule has 0 bridgehead atoms. The first kappa shape index (κ1) is 20.2. The molecule has 29 heavy (non-hydrogen) atoms. The van der Waals surface area contributed by atoms with Gasteiger partial charge in [0.05, 0.1) is 15.5 Å². The zero-order chi connectivity index (χ0) is 21.0. The summed E-state index contributed by atoms with van der Waals surface area (Å²) < 4.78 is 0. The van der Waals surface area contributed by atoms with Gasteiger partial charge in [0, 0.05) is 11.2 Å². The van der Waals surface area contributed by atoms with E-state index in [1.165, 1.54) is 24.4 Å². The van der Waals surface area contributed by atoms with Gasteiger partial charge in [-0.3, -0.25) is 25.8 Å². The maximum atomic E-state index is 12.3. The molecule has 0 unspecified atom stereocenters. The lowest BCUT2D eigenvalue weighted by atomic mass is 10.2. The van der Waals surface area contributed by atoms with Gasteiger partial charge in [0.1, 0.15) is 12.1 Å². The number of anilines is 3. The van der Waals surface area contributed by atoms with Gasteiger partial charge in [-0.05, 0) is 36.8 Å². The van der Waals surface area contributed by atoms with E-state index < -0.39 is 16.5 Å². The first-order valence-corrected chi connectivity index (χ1v) is 8.82. The molecule has 3 N–H and O–H groups in total. The first-order valence-electron chi connectivity index (χ1n) is 8.06. The Morgan fingerprint density at radius 1 is 1.10 bits per heavy atom. The quantitative estimate of drug-likeness (QED) is 0.393. The van der Waals surface area contributed by atoms with Gasteiger partial charge in [-0.25, -0.2) is 15.0 Å². The summed E-state index contributed by atoms with van der Waals surface area (Å²) in [6, 6.07) is 7.85. The van der Waals surface area contributed by atoms with E-state index in [1.807, 2.05) is 0 Å². The number of pyridine rings is 1. The molecular weight excluding hydrogens is 421 g/mol. The Bertz CT molecular complexity index is 1090. The molecule has 0 aliphatic carbocycles. The number of nitrogens with one attached hydrogen (secondary N) is 3. The average molecular weight is 434 g/mol. The molecule has 148 valence electrons. The summed E-state index contributed by atoms with van der Waals surface area (Å²) in [6.45, 7) is 1.79. The van der Waals surface area contributed by atoms with Gasteiger partial charge >= 0.3 is 5.69 Å².